The van der Waals surface area contributed by atoms with Gasteiger partial charge in [-0.1, -0.05) is 61.4 Å². The number of rotatable bonds is 6. The van der Waals surface area contributed by atoms with Gasteiger partial charge in [0.2, 0.25) is 0 Å². The molecule has 29 heavy (non-hydrogen) atoms. The number of nitrogens with one attached hydrogen (secondary N) is 1. The Morgan fingerprint density at radius 3 is 2.14 bits per heavy atom. The van der Waals surface area contributed by atoms with Crippen molar-refractivity contribution in [2.75, 3.05) is 6.61 Å². The Morgan fingerprint density at radius 1 is 1.03 bits per heavy atom. The van der Waals surface area contributed by atoms with Crippen LogP contribution in [-0.2, 0) is 9.53 Å². The van der Waals surface area contributed by atoms with Gasteiger partial charge in [0.05, 0.1) is 12.0 Å². The van der Waals surface area contributed by atoms with Crippen LogP contribution in [0.5, 0.6) is 0 Å². The molecular weight excluding hydrogens is 366 g/mol. The number of ether oxygens (including phenoxy) is 1. The van der Waals surface area contributed by atoms with E-state index in [1.807, 2.05) is 31.2 Å². The van der Waals surface area contributed by atoms with Gasteiger partial charge in [-0.2, -0.15) is 0 Å². The highest BCUT2D eigenvalue weighted by molar-refractivity contribution is 5.79. The number of alkyl carbamates (subject to hydrolysis) is 1. The molecule has 1 saturated carbocycles. The van der Waals surface area contributed by atoms with Crippen molar-refractivity contribution in [1.82, 2.24) is 5.32 Å². The number of carbonyl (C=O) groups excluding carboxylic acids is 1. The highest BCUT2D eigenvalue weighted by Gasteiger charge is 2.40. The molecule has 5 nitrogen and oxygen atoms in total. The highest BCUT2D eigenvalue weighted by Crippen LogP contribution is 2.44. The molecule has 1 unspecified atom stereocenters. The van der Waals surface area contributed by atoms with Gasteiger partial charge < -0.3 is 15.2 Å². The molecule has 5 heteroatoms. The number of carbonyl (C=O) groups is 2. The monoisotopic (exact) mass is 393 g/mol. The van der Waals surface area contributed by atoms with Gasteiger partial charge >= 0.3 is 12.1 Å². The summed E-state index contributed by atoms with van der Waals surface area (Å²) in [6.45, 7) is 2.06. The lowest BCUT2D eigenvalue weighted by molar-refractivity contribution is -0.139. The van der Waals surface area contributed by atoms with Crippen molar-refractivity contribution in [2.45, 2.75) is 50.5 Å². The second-order valence-electron chi connectivity index (χ2n) is 8.42. The summed E-state index contributed by atoms with van der Waals surface area (Å²) in [6.07, 6.45) is 3.39. The molecule has 1 amide bonds. The van der Waals surface area contributed by atoms with Crippen molar-refractivity contribution in [1.29, 1.82) is 0 Å². The fourth-order valence-electron chi connectivity index (χ4n) is 5.04. The Kier molecular flexibility index (Phi) is 5.31. The quantitative estimate of drug-likeness (QED) is 0.728. The topological polar surface area (TPSA) is 75.6 Å². The molecule has 0 bridgehead atoms. The molecule has 0 aromatic heterocycles. The first-order chi connectivity index (χ1) is 14.0. The van der Waals surface area contributed by atoms with E-state index in [0.29, 0.717) is 0 Å². The predicted octanol–water partition coefficient (Wildman–Crippen LogP) is 4.95. The summed E-state index contributed by atoms with van der Waals surface area (Å²) in [5.74, 6) is -0.747. The lowest BCUT2D eigenvalue weighted by Crippen LogP contribution is -2.52. The summed E-state index contributed by atoms with van der Waals surface area (Å²) >= 11 is 0. The predicted molar refractivity (Wildman–Crippen MR) is 111 cm³/mol. The molecule has 2 N–H and O–H groups in total. The third-order valence-electron chi connectivity index (χ3n) is 6.51. The average molecular weight is 393 g/mol. The van der Waals surface area contributed by atoms with Crippen LogP contribution in [0.15, 0.2) is 48.5 Å². The Morgan fingerprint density at radius 2 is 1.59 bits per heavy atom. The molecule has 2 aromatic carbocycles. The van der Waals surface area contributed by atoms with Crippen molar-refractivity contribution in [3.63, 3.8) is 0 Å². The van der Waals surface area contributed by atoms with Gasteiger partial charge in [-0.25, -0.2) is 4.79 Å². The summed E-state index contributed by atoms with van der Waals surface area (Å²) < 4.78 is 5.63. The minimum Gasteiger partial charge on any atom is -0.481 e. The van der Waals surface area contributed by atoms with E-state index in [-0.39, 0.29) is 24.9 Å². The second kappa shape index (κ2) is 7.90. The minimum atomic E-state index is -0.904. The van der Waals surface area contributed by atoms with Crippen LogP contribution in [0, 0.1) is 5.92 Å². The van der Waals surface area contributed by atoms with Crippen LogP contribution in [-0.4, -0.2) is 29.3 Å². The zero-order chi connectivity index (χ0) is 20.4. The van der Waals surface area contributed by atoms with Gasteiger partial charge in [0.15, 0.2) is 0 Å². The van der Waals surface area contributed by atoms with E-state index in [0.717, 1.165) is 36.8 Å². The first-order valence-electron chi connectivity index (χ1n) is 10.3. The van der Waals surface area contributed by atoms with Crippen molar-refractivity contribution in [2.24, 2.45) is 5.92 Å². The van der Waals surface area contributed by atoms with Gasteiger partial charge in [0, 0.05) is 5.92 Å². The molecule has 0 spiro atoms. The largest absolute Gasteiger partial charge is 0.481 e. The Balaban J connectivity index is 1.47. The Hall–Kier alpha value is -2.82. The molecule has 0 saturated heterocycles. The molecule has 0 heterocycles. The first kappa shape index (κ1) is 19.5. The maximum Gasteiger partial charge on any atom is 0.407 e. The number of hydrogen-bond acceptors (Lipinski definition) is 3. The highest BCUT2D eigenvalue weighted by atomic mass is 16.5. The second-order valence-corrected chi connectivity index (χ2v) is 8.42. The number of carboxylic acid groups (broad SMARTS) is 1. The number of carboxylic acids is 1. The molecule has 2 aliphatic carbocycles. The van der Waals surface area contributed by atoms with E-state index in [4.69, 9.17) is 4.74 Å². The molecule has 0 aliphatic heterocycles. The van der Waals surface area contributed by atoms with Crippen LogP contribution < -0.4 is 5.32 Å². The Labute approximate surface area is 171 Å². The lowest BCUT2D eigenvalue weighted by atomic mass is 9.81. The zero-order valence-corrected chi connectivity index (χ0v) is 16.7. The van der Waals surface area contributed by atoms with Crippen LogP contribution in [0.4, 0.5) is 4.79 Å². The summed E-state index contributed by atoms with van der Waals surface area (Å²) in [4.78, 5) is 24.1. The molecule has 1 fully saturated rings. The first-order valence-corrected chi connectivity index (χ1v) is 10.3. The van der Waals surface area contributed by atoms with E-state index < -0.39 is 17.6 Å². The van der Waals surface area contributed by atoms with Crippen LogP contribution in [0.25, 0.3) is 11.1 Å². The fraction of sp³-hybridized carbons (Fsp3) is 0.417. The van der Waals surface area contributed by atoms with Crippen molar-refractivity contribution >= 4 is 12.1 Å². The number of benzene rings is 2. The molecule has 1 atom stereocenters. The number of aliphatic carboxylic acids is 1. The molecule has 2 aliphatic rings. The van der Waals surface area contributed by atoms with Gasteiger partial charge in [-0.15, -0.1) is 0 Å². The van der Waals surface area contributed by atoms with Crippen molar-refractivity contribution in [3.8, 4) is 11.1 Å². The summed E-state index contributed by atoms with van der Waals surface area (Å²) in [5.41, 5.74) is 3.89. The normalized spacial score (nSPS) is 18.0. The van der Waals surface area contributed by atoms with E-state index >= 15 is 0 Å². The van der Waals surface area contributed by atoms with Crippen LogP contribution in [0.2, 0.25) is 0 Å². The Bertz CT molecular complexity index is 873. The summed E-state index contributed by atoms with van der Waals surface area (Å²) in [5, 5.41) is 12.2. The van der Waals surface area contributed by atoms with Gasteiger partial charge in [0.1, 0.15) is 6.61 Å². The molecular formula is C24H27NO4. The average Bonchev–Trinajstić information content (AvgIpc) is 3.33. The van der Waals surface area contributed by atoms with Gasteiger partial charge in [0.25, 0.3) is 0 Å². The SMILES string of the molecule is CC(CC(=O)O)(NC(=O)OCC1c2ccccc2-c2ccccc21)C1CCCC1. The molecule has 152 valence electrons. The third-order valence-corrected chi connectivity index (χ3v) is 6.51. The van der Waals surface area contributed by atoms with E-state index in [1.165, 1.54) is 11.1 Å². The standard InChI is InChI=1S/C24H27NO4/c1-24(14-22(26)27,16-8-2-3-9-16)25-23(28)29-15-21-19-12-6-4-10-17(19)18-11-5-7-13-20(18)21/h4-7,10-13,16,21H,2-3,8-9,14-15H2,1H3,(H,25,28)(H,26,27). The number of hydrogen-bond donors (Lipinski definition) is 2. The van der Waals surface area contributed by atoms with Crippen molar-refractivity contribution < 1.29 is 19.4 Å². The molecule has 2 aromatic rings. The minimum absolute atomic E-state index is 0.00893. The zero-order valence-electron chi connectivity index (χ0n) is 16.7. The maximum atomic E-state index is 12.7. The number of amides is 1. The molecule has 4 rings (SSSR count). The fourth-order valence-corrected chi connectivity index (χ4v) is 5.04. The summed E-state index contributed by atoms with van der Waals surface area (Å²) in [7, 11) is 0. The number of fused-ring (bicyclic) bond motifs is 3. The van der Waals surface area contributed by atoms with E-state index in [9.17, 15) is 14.7 Å². The van der Waals surface area contributed by atoms with Crippen LogP contribution >= 0.6 is 0 Å². The third kappa shape index (κ3) is 3.86. The van der Waals surface area contributed by atoms with E-state index in [2.05, 4.69) is 29.6 Å². The van der Waals surface area contributed by atoms with Gasteiger partial charge in [-0.3, -0.25) is 4.79 Å². The van der Waals surface area contributed by atoms with Crippen LogP contribution in [0.3, 0.4) is 0 Å². The summed E-state index contributed by atoms with van der Waals surface area (Å²) in [6, 6.07) is 16.4. The van der Waals surface area contributed by atoms with Crippen LogP contribution in [0.1, 0.15) is 56.1 Å². The lowest BCUT2D eigenvalue weighted by Gasteiger charge is -2.35. The van der Waals surface area contributed by atoms with Crippen molar-refractivity contribution in [3.05, 3.63) is 59.7 Å². The van der Waals surface area contributed by atoms with Gasteiger partial charge in [-0.05, 0) is 47.9 Å². The maximum absolute atomic E-state index is 12.7. The molecule has 0 radical (unpaired) electrons. The van der Waals surface area contributed by atoms with E-state index in [1.54, 1.807) is 0 Å². The smallest absolute Gasteiger partial charge is 0.407 e.